The zero-order chi connectivity index (χ0) is 27.4. The number of hydrogen-bond donors (Lipinski definition) is 1. The van der Waals surface area contributed by atoms with E-state index in [-0.39, 0.29) is 12.1 Å². The molecule has 36 heavy (non-hydrogen) atoms. The normalized spacial score (nSPS) is 12.8. The lowest BCUT2D eigenvalue weighted by atomic mass is 10.1. The first kappa shape index (κ1) is 29.3. The van der Waals surface area contributed by atoms with Crippen LogP contribution in [0.2, 0.25) is 0 Å². The third-order valence-corrected chi connectivity index (χ3v) is 7.42. The molecule has 1 N–H and O–H groups in total. The number of aryl methyl sites for hydroxylation is 2. The summed E-state index contributed by atoms with van der Waals surface area (Å²) in [5.41, 5.74) is 1.50. The highest BCUT2D eigenvalue weighted by Gasteiger charge is 2.34. The van der Waals surface area contributed by atoms with Crippen LogP contribution < -0.4 is 9.62 Å². The Bertz CT molecular complexity index is 1210. The molecule has 0 aliphatic carbocycles. The highest BCUT2D eigenvalue weighted by Crippen LogP contribution is 2.26. The predicted molar refractivity (Wildman–Crippen MR) is 140 cm³/mol. The summed E-state index contributed by atoms with van der Waals surface area (Å²) in [6, 6.07) is 10.3. The molecule has 2 aromatic rings. The van der Waals surface area contributed by atoms with Gasteiger partial charge in [0.15, 0.2) is 0 Å². The summed E-state index contributed by atoms with van der Waals surface area (Å²) in [4.78, 5) is 27.9. The Morgan fingerprint density at radius 1 is 1.06 bits per heavy atom. The molecular weight excluding hydrogens is 483 g/mol. The standard InChI is InChI=1S/C26H37FN4O4S/c1-18-13-14-19(2)23(15-18)31(36(34,35)29(7)8)17-24(32)30(16-21-11-9-10-12-22(21)27)20(3)25(33)28-26(4,5)6/h9-15,20H,16-17H2,1-8H3,(H,28,33). The number of anilines is 1. The van der Waals surface area contributed by atoms with E-state index in [9.17, 15) is 22.4 Å². The Kier molecular flexibility index (Phi) is 9.25. The van der Waals surface area contributed by atoms with Crippen molar-refractivity contribution < 1.29 is 22.4 Å². The minimum atomic E-state index is -4.07. The van der Waals surface area contributed by atoms with Crippen LogP contribution in [0.25, 0.3) is 0 Å². The monoisotopic (exact) mass is 520 g/mol. The van der Waals surface area contributed by atoms with Gasteiger partial charge in [-0.05, 0) is 64.8 Å². The average molecular weight is 521 g/mol. The molecule has 0 heterocycles. The van der Waals surface area contributed by atoms with Gasteiger partial charge >= 0.3 is 10.2 Å². The molecule has 0 radical (unpaired) electrons. The topological polar surface area (TPSA) is 90.0 Å². The number of benzene rings is 2. The Morgan fingerprint density at radius 3 is 2.22 bits per heavy atom. The first-order chi connectivity index (χ1) is 16.5. The fourth-order valence-electron chi connectivity index (χ4n) is 3.56. The van der Waals surface area contributed by atoms with E-state index in [0.29, 0.717) is 11.3 Å². The molecule has 0 aliphatic heterocycles. The van der Waals surface area contributed by atoms with Gasteiger partial charge in [-0.25, -0.2) is 8.70 Å². The maximum Gasteiger partial charge on any atom is 0.304 e. The van der Waals surface area contributed by atoms with Gasteiger partial charge in [-0.1, -0.05) is 30.3 Å². The van der Waals surface area contributed by atoms with Crippen LogP contribution in [0.3, 0.4) is 0 Å². The minimum absolute atomic E-state index is 0.202. The predicted octanol–water partition coefficient (Wildman–Crippen LogP) is 3.39. The maximum atomic E-state index is 14.5. The number of halogens is 1. The Labute approximate surface area is 214 Å². The second-order valence-electron chi connectivity index (χ2n) is 10.1. The van der Waals surface area contributed by atoms with Crippen LogP contribution in [-0.2, 0) is 26.3 Å². The lowest BCUT2D eigenvalue weighted by Gasteiger charge is -2.34. The molecule has 2 rings (SSSR count). The molecular formula is C26H37FN4O4S. The van der Waals surface area contributed by atoms with Crippen molar-refractivity contribution in [1.29, 1.82) is 0 Å². The van der Waals surface area contributed by atoms with E-state index < -0.39 is 46.0 Å². The molecule has 10 heteroatoms. The van der Waals surface area contributed by atoms with Crippen molar-refractivity contribution in [2.75, 3.05) is 24.9 Å². The van der Waals surface area contributed by atoms with Gasteiger partial charge in [0.05, 0.1) is 5.69 Å². The van der Waals surface area contributed by atoms with E-state index in [1.165, 1.54) is 37.2 Å². The van der Waals surface area contributed by atoms with Gasteiger partial charge in [-0.2, -0.15) is 12.7 Å². The van der Waals surface area contributed by atoms with Gasteiger partial charge < -0.3 is 10.2 Å². The van der Waals surface area contributed by atoms with E-state index in [1.807, 2.05) is 33.8 Å². The molecule has 0 aliphatic rings. The highest BCUT2D eigenvalue weighted by atomic mass is 32.2. The molecule has 0 aromatic heterocycles. The molecule has 0 spiro atoms. The molecule has 0 saturated heterocycles. The number of rotatable bonds is 9. The van der Waals surface area contributed by atoms with E-state index in [0.717, 1.165) is 14.2 Å². The maximum absolute atomic E-state index is 14.5. The van der Waals surface area contributed by atoms with Gasteiger partial charge in [0.25, 0.3) is 0 Å². The number of amides is 2. The molecule has 8 nitrogen and oxygen atoms in total. The lowest BCUT2D eigenvalue weighted by Crippen LogP contribution is -2.55. The van der Waals surface area contributed by atoms with Crippen molar-refractivity contribution in [2.45, 2.75) is 59.7 Å². The van der Waals surface area contributed by atoms with Crippen LogP contribution in [0.4, 0.5) is 10.1 Å². The molecule has 1 unspecified atom stereocenters. The van der Waals surface area contributed by atoms with Crippen LogP contribution >= 0.6 is 0 Å². The zero-order valence-electron chi connectivity index (χ0n) is 22.3. The summed E-state index contributed by atoms with van der Waals surface area (Å²) in [5.74, 6) is -1.59. The van der Waals surface area contributed by atoms with Gasteiger partial charge in [0, 0.05) is 31.7 Å². The zero-order valence-corrected chi connectivity index (χ0v) is 23.1. The third kappa shape index (κ3) is 7.27. The van der Waals surface area contributed by atoms with Crippen LogP contribution in [0.1, 0.15) is 44.4 Å². The number of nitrogens with zero attached hydrogens (tertiary/aromatic N) is 3. The van der Waals surface area contributed by atoms with E-state index in [1.54, 1.807) is 32.0 Å². The highest BCUT2D eigenvalue weighted by molar-refractivity contribution is 7.90. The Balaban J connectivity index is 2.54. The van der Waals surface area contributed by atoms with Crippen molar-refractivity contribution in [1.82, 2.24) is 14.5 Å². The first-order valence-corrected chi connectivity index (χ1v) is 13.1. The third-order valence-electron chi connectivity index (χ3n) is 5.62. The fourth-order valence-corrected chi connectivity index (χ4v) is 4.67. The lowest BCUT2D eigenvalue weighted by molar-refractivity contribution is -0.140. The largest absolute Gasteiger partial charge is 0.350 e. The van der Waals surface area contributed by atoms with Gasteiger partial charge in [0.1, 0.15) is 18.4 Å². The quantitative estimate of drug-likeness (QED) is 0.549. The van der Waals surface area contributed by atoms with E-state index >= 15 is 0 Å². The smallest absolute Gasteiger partial charge is 0.304 e. The first-order valence-electron chi connectivity index (χ1n) is 11.7. The molecule has 2 aromatic carbocycles. The van der Waals surface area contributed by atoms with E-state index in [4.69, 9.17) is 0 Å². The number of hydrogen-bond acceptors (Lipinski definition) is 4. The van der Waals surface area contributed by atoms with Gasteiger partial charge in [-0.15, -0.1) is 0 Å². The van der Waals surface area contributed by atoms with E-state index in [2.05, 4.69) is 5.32 Å². The summed E-state index contributed by atoms with van der Waals surface area (Å²) >= 11 is 0. The van der Waals surface area contributed by atoms with Crippen molar-refractivity contribution in [3.05, 3.63) is 65.0 Å². The van der Waals surface area contributed by atoms with Crippen molar-refractivity contribution >= 4 is 27.7 Å². The van der Waals surface area contributed by atoms with Crippen molar-refractivity contribution in [3.63, 3.8) is 0 Å². The summed E-state index contributed by atoms with van der Waals surface area (Å²) in [5, 5.41) is 2.84. The number of carbonyl (C=O) groups excluding carboxylic acids is 2. The summed E-state index contributed by atoms with van der Waals surface area (Å²) in [7, 11) is -1.30. The van der Waals surface area contributed by atoms with Crippen molar-refractivity contribution in [3.8, 4) is 0 Å². The van der Waals surface area contributed by atoms with Crippen LogP contribution in [0, 0.1) is 19.7 Å². The molecule has 198 valence electrons. The van der Waals surface area contributed by atoms with Crippen LogP contribution in [0.15, 0.2) is 42.5 Å². The Morgan fingerprint density at radius 2 is 1.67 bits per heavy atom. The second-order valence-corrected chi connectivity index (χ2v) is 12.2. The summed E-state index contributed by atoms with van der Waals surface area (Å²) < 4.78 is 43.2. The van der Waals surface area contributed by atoms with Crippen LogP contribution in [-0.4, -0.2) is 61.7 Å². The summed E-state index contributed by atoms with van der Waals surface area (Å²) in [6.45, 7) is 9.80. The SMILES string of the molecule is Cc1ccc(C)c(N(CC(=O)N(Cc2ccccc2F)C(C)C(=O)NC(C)(C)C)S(=O)(=O)N(C)C)c1. The molecule has 2 amide bonds. The molecule has 0 saturated carbocycles. The number of carbonyl (C=O) groups is 2. The Hall–Kier alpha value is -2.98. The minimum Gasteiger partial charge on any atom is -0.350 e. The molecule has 0 fully saturated rings. The van der Waals surface area contributed by atoms with Gasteiger partial charge in [0.2, 0.25) is 11.8 Å². The molecule has 0 bridgehead atoms. The second kappa shape index (κ2) is 11.4. The summed E-state index contributed by atoms with van der Waals surface area (Å²) in [6.07, 6.45) is 0. The number of nitrogens with one attached hydrogen (secondary N) is 1. The average Bonchev–Trinajstić information content (AvgIpc) is 2.76. The fraction of sp³-hybridized carbons (Fsp3) is 0.462. The van der Waals surface area contributed by atoms with Gasteiger partial charge in [-0.3, -0.25) is 9.59 Å². The van der Waals surface area contributed by atoms with Crippen LogP contribution in [0.5, 0.6) is 0 Å². The molecule has 1 atom stereocenters. The van der Waals surface area contributed by atoms with Crippen molar-refractivity contribution in [2.24, 2.45) is 0 Å².